The number of methoxy groups -OCH3 is 1. The van der Waals surface area contributed by atoms with Crippen molar-refractivity contribution in [1.82, 2.24) is 14.8 Å². The minimum absolute atomic E-state index is 0.696. The van der Waals surface area contributed by atoms with Gasteiger partial charge in [-0.1, -0.05) is 11.3 Å². The van der Waals surface area contributed by atoms with Crippen LogP contribution in [0.15, 0.2) is 61.1 Å². The summed E-state index contributed by atoms with van der Waals surface area (Å²) in [6, 6.07) is 13.4. The van der Waals surface area contributed by atoms with Crippen LogP contribution in [-0.2, 0) is 0 Å². The molecule has 6 heteroatoms. The lowest BCUT2D eigenvalue weighted by atomic mass is 10.3. The predicted octanol–water partition coefficient (Wildman–Crippen LogP) is 4.28. The number of nitrogens with zero attached hydrogens (tertiary/aromatic N) is 3. The molecule has 5 nitrogen and oxygen atoms in total. The van der Waals surface area contributed by atoms with Gasteiger partial charge in [0.15, 0.2) is 5.06 Å². The Labute approximate surface area is 136 Å². The first-order valence-electron chi connectivity index (χ1n) is 7.03. The molecular weight excluding hydrogens is 310 g/mol. The molecule has 0 saturated carbocycles. The molecule has 0 atom stereocenters. The maximum Gasteiger partial charge on any atom is 0.183 e. The zero-order chi connectivity index (χ0) is 15.6. The molecule has 0 aliphatic carbocycles. The summed E-state index contributed by atoms with van der Waals surface area (Å²) in [7, 11) is 1.63. The second-order valence-electron chi connectivity index (χ2n) is 4.87. The first-order valence-corrected chi connectivity index (χ1v) is 7.85. The van der Waals surface area contributed by atoms with Gasteiger partial charge in [0.05, 0.1) is 23.0 Å². The van der Waals surface area contributed by atoms with Gasteiger partial charge in [-0.05, 0) is 18.2 Å². The van der Waals surface area contributed by atoms with Crippen molar-refractivity contribution in [2.24, 2.45) is 0 Å². The van der Waals surface area contributed by atoms with E-state index in [-0.39, 0.29) is 0 Å². The average Bonchev–Trinajstić information content (AvgIpc) is 3.23. The van der Waals surface area contributed by atoms with Crippen LogP contribution in [0.25, 0.3) is 15.9 Å². The highest BCUT2D eigenvalue weighted by Gasteiger charge is 2.08. The molecule has 0 spiro atoms. The zero-order valence-corrected chi connectivity index (χ0v) is 13.2. The van der Waals surface area contributed by atoms with E-state index in [9.17, 15) is 0 Å². The number of aromatic nitrogens is 3. The van der Waals surface area contributed by atoms with Crippen molar-refractivity contribution < 1.29 is 9.47 Å². The smallest absolute Gasteiger partial charge is 0.183 e. The molecule has 0 unspecified atom stereocenters. The van der Waals surface area contributed by atoms with Crippen LogP contribution in [0, 0.1) is 0 Å². The van der Waals surface area contributed by atoms with Crippen LogP contribution in [0.3, 0.4) is 0 Å². The van der Waals surface area contributed by atoms with E-state index < -0.39 is 0 Å². The molecule has 114 valence electrons. The van der Waals surface area contributed by atoms with Crippen molar-refractivity contribution in [3.05, 3.63) is 61.1 Å². The first-order chi connectivity index (χ1) is 11.3. The fourth-order valence-corrected chi connectivity index (χ4v) is 3.19. The summed E-state index contributed by atoms with van der Waals surface area (Å²) in [5.74, 6) is 1.41. The average molecular weight is 323 g/mol. The van der Waals surface area contributed by atoms with Crippen molar-refractivity contribution in [1.29, 1.82) is 0 Å². The van der Waals surface area contributed by atoms with Crippen molar-refractivity contribution in [3.63, 3.8) is 0 Å². The Morgan fingerprint density at radius 3 is 2.74 bits per heavy atom. The third-order valence-corrected chi connectivity index (χ3v) is 4.32. The Morgan fingerprint density at radius 1 is 1.04 bits per heavy atom. The lowest BCUT2D eigenvalue weighted by Crippen LogP contribution is -1.96. The third-order valence-electron chi connectivity index (χ3n) is 3.35. The number of rotatable bonds is 4. The minimum atomic E-state index is 0.696. The van der Waals surface area contributed by atoms with Crippen molar-refractivity contribution in [2.45, 2.75) is 0 Å². The molecule has 0 aliphatic heterocycles. The Kier molecular flexibility index (Phi) is 3.44. The summed E-state index contributed by atoms with van der Waals surface area (Å²) in [5.41, 5.74) is 1.81. The van der Waals surface area contributed by atoms with E-state index >= 15 is 0 Å². The number of hydrogen-bond donors (Lipinski definition) is 0. The number of thiophene rings is 1. The molecule has 23 heavy (non-hydrogen) atoms. The number of fused-ring (bicyclic) bond motifs is 1. The lowest BCUT2D eigenvalue weighted by Gasteiger charge is -2.09. The van der Waals surface area contributed by atoms with Gasteiger partial charge >= 0.3 is 0 Å². The van der Waals surface area contributed by atoms with Gasteiger partial charge in [-0.3, -0.25) is 4.98 Å². The normalized spacial score (nSPS) is 10.8. The highest BCUT2D eigenvalue weighted by Crippen LogP contribution is 2.35. The topological polar surface area (TPSA) is 49.2 Å². The van der Waals surface area contributed by atoms with Crippen LogP contribution in [0.1, 0.15) is 0 Å². The Morgan fingerprint density at radius 2 is 1.96 bits per heavy atom. The molecule has 4 rings (SSSR count). The fraction of sp³-hybridized carbons (Fsp3) is 0.0588. The van der Waals surface area contributed by atoms with Gasteiger partial charge < -0.3 is 9.47 Å². The minimum Gasteiger partial charge on any atom is -0.497 e. The molecule has 0 fully saturated rings. The van der Waals surface area contributed by atoms with Gasteiger partial charge in [-0.2, -0.15) is 5.10 Å². The Bertz CT molecular complexity index is 915. The Balaban J connectivity index is 1.71. The lowest BCUT2D eigenvalue weighted by molar-refractivity contribution is 0.409. The molecule has 0 N–H and O–H groups in total. The van der Waals surface area contributed by atoms with Crippen LogP contribution in [-0.4, -0.2) is 21.9 Å². The van der Waals surface area contributed by atoms with Crippen molar-refractivity contribution in [3.8, 4) is 22.2 Å². The molecule has 0 aliphatic rings. The quantitative estimate of drug-likeness (QED) is 0.562. The number of pyridine rings is 1. The van der Waals surface area contributed by atoms with Crippen LogP contribution >= 0.6 is 11.3 Å². The predicted molar refractivity (Wildman–Crippen MR) is 89.8 cm³/mol. The summed E-state index contributed by atoms with van der Waals surface area (Å²) in [6.07, 6.45) is 5.39. The summed E-state index contributed by atoms with van der Waals surface area (Å²) in [6.45, 7) is 0. The van der Waals surface area contributed by atoms with Crippen LogP contribution in [0.5, 0.6) is 16.6 Å². The van der Waals surface area contributed by atoms with E-state index in [1.165, 1.54) is 0 Å². The molecule has 1 aromatic carbocycles. The van der Waals surface area contributed by atoms with Crippen molar-refractivity contribution in [2.75, 3.05) is 7.11 Å². The zero-order valence-electron chi connectivity index (χ0n) is 12.3. The van der Waals surface area contributed by atoms with E-state index in [0.29, 0.717) is 11.5 Å². The number of ether oxygens (including phenoxy) is 2. The summed E-state index contributed by atoms with van der Waals surface area (Å²) >= 11 is 1.56. The molecule has 3 heterocycles. The van der Waals surface area contributed by atoms with Crippen LogP contribution in [0.2, 0.25) is 0 Å². The summed E-state index contributed by atoms with van der Waals surface area (Å²) < 4.78 is 14.2. The van der Waals surface area contributed by atoms with Gasteiger partial charge in [-0.15, -0.1) is 0 Å². The monoisotopic (exact) mass is 323 g/mol. The van der Waals surface area contributed by atoms with Crippen LogP contribution in [0.4, 0.5) is 0 Å². The van der Waals surface area contributed by atoms with Crippen LogP contribution < -0.4 is 9.47 Å². The maximum atomic E-state index is 6.00. The van der Waals surface area contributed by atoms with Gasteiger partial charge in [0.25, 0.3) is 0 Å². The van der Waals surface area contributed by atoms with E-state index in [0.717, 1.165) is 21.0 Å². The fourth-order valence-electron chi connectivity index (χ4n) is 2.30. The van der Waals surface area contributed by atoms with Crippen molar-refractivity contribution >= 4 is 21.6 Å². The number of hydrogen-bond acceptors (Lipinski definition) is 5. The van der Waals surface area contributed by atoms with E-state index in [2.05, 4.69) is 10.1 Å². The molecule has 0 bridgehead atoms. The maximum absolute atomic E-state index is 6.00. The highest BCUT2D eigenvalue weighted by molar-refractivity contribution is 7.20. The number of benzene rings is 1. The van der Waals surface area contributed by atoms with Gasteiger partial charge in [0, 0.05) is 42.9 Å². The summed E-state index contributed by atoms with van der Waals surface area (Å²) in [4.78, 5) is 4.33. The standard InChI is InChI=1S/C17H13N3O2S/c1-21-13-8-12(20-7-3-6-19-20)9-14(10-13)22-17-11-15-16(23-17)4-2-5-18-15/h2-11H,1H3. The Hall–Kier alpha value is -2.86. The molecule has 0 saturated heterocycles. The SMILES string of the molecule is COc1cc(Oc2cc3ncccc3s2)cc(-n2cccn2)c1. The molecule has 0 radical (unpaired) electrons. The largest absolute Gasteiger partial charge is 0.497 e. The molecular formula is C17H13N3O2S. The molecule has 3 aromatic heterocycles. The second-order valence-corrected chi connectivity index (χ2v) is 5.92. The second kappa shape index (κ2) is 5.73. The van der Waals surface area contributed by atoms with E-state index in [1.807, 2.05) is 48.7 Å². The van der Waals surface area contributed by atoms with Gasteiger partial charge in [-0.25, -0.2) is 4.68 Å². The highest BCUT2D eigenvalue weighted by atomic mass is 32.1. The third kappa shape index (κ3) is 2.76. The van der Waals surface area contributed by atoms with E-state index in [1.54, 1.807) is 35.5 Å². The first kappa shape index (κ1) is 13.8. The van der Waals surface area contributed by atoms with Gasteiger partial charge in [0.1, 0.15) is 11.5 Å². The van der Waals surface area contributed by atoms with Gasteiger partial charge in [0.2, 0.25) is 0 Å². The molecule has 4 aromatic rings. The van der Waals surface area contributed by atoms with E-state index in [4.69, 9.17) is 9.47 Å². The summed E-state index contributed by atoms with van der Waals surface area (Å²) in [5, 5.41) is 5.03. The molecule has 0 amide bonds.